The topological polar surface area (TPSA) is 42.4 Å². The minimum Gasteiger partial charge on any atom is -0.376 e. The second-order valence-electron chi connectivity index (χ2n) is 6.49. The van der Waals surface area contributed by atoms with Gasteiger partial charge in [0.15, 0.2) is 0 Å². The number of carbonyl (C=O) groups excluding carboxylic acids is 1. The van der Waals surface area contributed by atoms with Crippen molar-refractivity contribution < 1.29 is 9.53 Å². The number of aromatic nitrogens is 1. The van der Waals surface area contributed by atoms with E-state index in [9.17, 15) is 4.79 Å². The molecule has 1 amide bonds. The van der Waals surface area contributed by atoms with E-state index in [-0.39, 0.29) is 12.0 Å². The highest BCUT2D eigenvalue weighted by Crippen LogP contribution is 2.27. The van der Waals surface area contributed by atoms with Crippen LogP contribution in [0.2, 0.25) is 0 Å². The molecule has 2 aliphatic rings. The van der Waals surface area contributed by atoms with Gasteiger partial charge in [0.25, 0.3) is 5.91 Å². The van der Waals surface area contributed by atoms with E-state index in [1.165, 1.54) is 0 Å². The number of rotatable bonds is 4. The molecule has 2 saturated heterocycles. The van der Waals surface area contributed by atoms with Crippen LogP contribution in [0.5, 0.6) is 0 Å². The number of ether oxygens (including phenoxy) is 1. The number of fused-ring (bicyclic) bond motifs is 1. The fourth-order valence-electron chi connectivity index (χ4n) is 3.60. The first-order valence-electron chi connectivity index (χ1n) is 8.67. The molecule has 0 unspecified atom stereocenters. The highest BCUT2D eigenvalue weighted by Gasteiger charge is 2.32. The van der Waals surface area contributed by atoms with Crippen LogP contribution in [0.1, 0.15) is 29.8 Å². The first kappa shape index (κ1) is 15.9. The van der Waals surface area contributed by atoms with Crippen LogP contribution < -0.4 is 0 Å². The molecule has 0 bridgehead atoms. The first-order chi connectivity index (χ1) is 11.8. The lowest BCUT2D eigenvalue weighted by atomic mass is 10.1. The van der Waals surface area contributed by atoms with E-state index >= 15 is 0 Å². The minimum atomic E-state index is 0.0507. The summed E-state index contributed by atoms with van der Waals surface area (Å²) in [6.07, 6.45) is 5.12. The second-order valence-corrected chi connectivity index (χ2v) is 7.64. The number of benzene rings is 1. The summed E-state index contributed by atoms with van der Waals surface area (Å²) >= 11 is 1.93. The van der Waals surface area contributed by atoms with E-state index in [1.807, 2.05) is 47.0 Å². The van der Waals surface area contributed by atoms with Crippen molar-refractivity contribution in [2.75, 3.05) is 24.7 Å². The molecule has 0 aliphatic carbocycles. The molecule has 24 heavy (non-hydrogen) atoms. The number of nitrogens with zero attached hydrogens (tertiary/aromatic N) is 2. The van der Waals surface area contributed by atoms with Crippen molar-refractivity contribution in [1.82, 2.24) is 9.88 Å². The molecule has 1 aromatic heterocycles. The molecule has 0 spiro atoms. The van der Waals surface area contributed by atoms with Gasteiger partial charge >= 0.3 is 0 Å². The van der Waals surface area contributed by atoms with Crippen LogP contribution in [0.4, 0.5) is 0 Å². The molecule has 5 heteroatoms. The Labute approximate surface area is 146 Å². The molecular weight excluding hydrogens is 320 g/mol. The third-order valence-corrected chi connectivity index (χ3v) is 6.05. The summed E-state index contributed by atoms with van der Waals surface area (Å²) in [7, 11) is 0. The summed E-state index contributed by atoms with van der Waals surface area (Å²) in [4.78, 5) is 19.8. The monoisotopic (exact) mass is 342 g/mol. The van der Waals surface area contributed by atoms with Crippen LogP contribution >= 0.6 is 11.8 Å². The average molecular weight is 342 g/mol. The molecule has 4 rings (SSSR count). The number of carbonyl (C=O) groups is 1. The third kappa shape index (κ3) is 3.15. The van der Waals surface area contributed by atoms with Gasteiger partial charge < -0.3 is 9.64 Å². The Morgan fingerprint density at radius 1 is 1.29 bits per heavy atom. The van der Waals surface area contributed by atoms with Crippen molar-refractivity contribution in [3.8, 4) is 0 Å². The van der Waals surface area contributed by atoms with E-state index in [2.05, 4.69) is 4.98 Å². The number of thioether (sulfide) groups is 1. The highest BCUT2D eigenvalue weighted by atomic mass is 32.2. The van der Waals surface area contributed by atoms with Crippen molar-refractivity contribution in [3.63, 3.8) is 0 Å². The Hall–Kier alpha value is -1.59. The Morgan fingerprint density at radius 2 is 2.21 bits per heavy atom. The van der Waals surface area contributed by atoms with E-state index in [0.717, 1.165) is 48.1 Å². The number of hydrogen-bond acceptors (Lipinski definition) is 4. The average Bonchev–Trinajstić information content (AvgIpc) is 3.32. The smallest absolute Gasteiger partial charge is 0.273 e. The predicted octanol–water partition coefficient (Wildman–Crippen LogP) is 3.36. The van der Waals surface area contributed by atoms with Crippen LogP contribution in [0, 0.1) is 0 Å². The van der Waals surface area contributed by atoms with Gasteiger partial charge in [-0.25, -0.2) is 0 Å². The molecule has 4 nitrogen and oxygen atoms in total. The summed E-state index contributed by atoms with van der Waals surface area (Å²) in [5.41, 5.74) is 0.572. The van der Waals surface area contributed by atoms with E-state index in [0.29, 0.717) is 18.3 Å². The van der Waals surface area contributed by atoms with Gasteiger partial charge in [0.1, 0.15) is 5.69 Å². The Balaban J connectivity index is 1.66. The van der Waals surface area contributed by atoms with Crippen LogP contribution in [0.15, 0.2) is 36.5 Å². The lowest BCUT2D eigenvalue weighted by Crippen LogP contribution is -2.45. The molecule has 2 aromatic rings. The molecule has 1 aromatic carbocycles. The zero-order valence-electron chi connectivity index (χ0n) is 13.7. The maximum absolute atomic E-state index is 13.3. The summed E-state index contributed by atoms with van der Waals surface area (Å²) < 4.78 is 5.80. The molecule has 0 N–H and O–H groups in total. The van der Waals surface area contributed by atoms with E-state index in [4.69, 9.17) is 4.74 Å². The van der Waals surface area contributed by atoms with Crippen molar-refractivity contribution in [3.05, 3.63) is 42.2 Å². The minimum absolute atomic E-state index is 0.0507. The quantitative estimate of drug-likeness (QED) is 0.854. The summed E-state index contributed by atoms with van der Waals surface area (Å²) in [6.45, 7) is 1.51. The number of hydrogen-bond donors (Lipinski definition) is 0. The summed E-state index contributed by atoms with van der Waals surface area (Å²) in [5.74, 6) is 2.20. The van der Waals surface area contributed by atoms with Gasteiger partial charge in [0.2, 0.25) is 0 Å². The fraction of sp³-hybridized carbons (Fsp3) is 0.474. The van der Waals surface area contributed by atoms with Crippen LogP contribution in [0.3, 0.4) is 0 Å². The highest BCUT2D eigenvalue weighted by molar-refractivity contribution is 7.99. The normalized spacial score (nSPS) is 23.7. The van der Waals surface area contributed by atoms with Crippen LogP contribution in [0.25, 0.3) is 10.8 Å². The third-order valence-electron chi connectivity index (χ3n) is 4.91. The largest absolute Gasteiger partial charge is 0.376 e. The van der Waals surface area contributed by atoms with Crippen LogP contribution in [-0.2, 0) is 4.74 Å². The SMILES string of the molecule is O=C(c1nccc2ccccc12)N(C[C@@H]1CCCO1)[C@H]1CCSC1. The number of pyridine rings is 1. The fourth-order valence-corrected chi connectivity index (χ4v) is 4.82. The lowest BCUT2D eigenvalue weighted by molar-refractivity contribution is 0.0439. The second kappa shape index (κ2) is 7.11. The summed E-state index contributed by atoms with van der Waals surface area (Å²) in [5, 5.41) is 2.00. The van der Waals surface area contributed by atoms with Gasteiger partial charge in [0, 0.05) is 36.5 Å². The van der Waals surface area contributed by atoms with Gasteiger partial charge in [-0.1, -0.05) is 24.3 Å². The van der Waals surface area contributed by atoms with Gasteiger partial charge in [0.05, 0.1) is 6.10 Å². The van der Waals surface area contributed by atoms with Gasteiger partial charge in [-0.05, 0) is 36.5 Å². The number of amides is 1. The molecule has 2 aliphatic heterocycles. The molecule has 0 radical (unpaired) electrons. The Morgan fingerprint density at radius 3 is 3.00 bits per heavy atom. The van der Waals surface area contributed by atoms with Crippen LogP contribution in [-0.4, -0.2) is 52.6 Å². The Bertz CT molecular complexity index is 719. The van der Waals surface area contributed by atoms with E-state index in [1.54, 1.807) is 6.20 Å². The molecule has 2 atom stereocenters. The molecule has 3 heterocycles. The van der Waals surface area contributed by atoms with Gasteiger partial charge in [-0.3, -0.25) is 9.78 Å². The lowest BCUT2D eigenvalue weighted by Gasteiger charge is -2.30. The zero-order valence-corrected chi connectivity index (χ0v) is 14.5. The first-order valence-corrected chi connectivity index (χ1v) is 9.82. The predicted molar refractivity (Wildman–Crippen MR) is 97.5 cm³/mol. The van der Waals surface area contributed by atoms with Crippen molar-refractivity contribution >= 4 is 28.4 Å². The van der Waals surface area contributed by atoms with Gasteiger partial charge in [-0.15, -0.1) is 0 Å². The van der Waals surface area contributed by atoms with Crippen molar-refractivity contribution in [2.45, 2.75) is 31.4 Å². The van der Waals surface area contributed by atoms with Gasteiger partial charge in [-0.2, -0.15) is 11.8 Å². The van der Waals surface area contributed by atoms with E-state index < -0.39 is 0 Å². The molecule has 0 saturated carbocycles. The standard InChI is InChI=1S/C19H22N2O2S/c22-19(18-17-6-2-1-4-14(17)7-9-20-18)21(15-8-11-24-13-15)12-16-5-3-10-23-16/h1-2,4,6-7,9,15-16H,3,5,8,10-13H2/t15-,16-/m0/s1. The van der Waals surface area contributed by atoms with Crippen molar-refractivity contribution in [1.29, 1.82) is 0 Å². The maximum atomic E-state index is 13.3. The molecule has 126 valence electrons. The Kier molecular flexibility index (Phi) is 4.72. The van der Waals surface area contributed by atoms with Crippen molar-refractivity contribution in [2.24, 2.45) is 0 Å². The summed E-state index contributed by atoms with van der Waals surface area (Å²) in [6, 6.07) is 10.2. The zero-order chi connectivity index (χ0) is 16.4. The molecular formula is C19H22N2O2S. The molecule has 2 fully saturated rings. The maximum Gasteiger partial charge on any atom is 0.273 e.